The second-order valence-corrected chi connectivity index (χ2v) is 3.83. The molecule has 0 amide bonds. The van der Waals surface area contributed by atoms with E-state index in [4.69, 9.17) is 4.74 Å². The molecule has 0 saturated heterocycles. The largest absolute Gasteiger partial charge is 0.486 e. The molecule has 0 aliphatic rings. The van der Waals surface area contributed by atoms with E-state index in [-0.39, 0.29) is 18.2 Å². The number of benzene rings is 2. The number of halogens is 3. The summed E-state index contributed by atoms with van der Waals surface area (Å²) in [6, 6.07) is 9.31. The molecule has 0 spiro atoms. The van der Waals surface area contributed by atoms with E-state index in [0.29, 0.717) is 12.2 Å². The Bertz CT molecular complexity index is 523. The third kappa shape index (κ3) is 3.64. The summed E-state index contributed by atoms with van der Waals surface area (Å²) < 4.78 is 44.1. The van der Waals surface area contributed by atoms with Gasteiger partial charge >= 0.3 is 0 Å². The molecule has 2 aromatic rings. The lowest BCUT2D eigenvalue weighted by Gasteiger charge is -2.09. The number of hydrogen-bond acceptors (Lipinski definition) is 2. The third-order valence-electron chi connectivity index (χ3n) is 2.44. The average Bonchev–Trinajstić information content (AvgIpc) is 2.39. The molecule has 0 fully saturated rings. The molecule has 0 heterocycles. The summed E-state index contributed by atoms with van der Waals surface area (Å²) in [4.78, 5) is 0. The van der Waals surface area contributed by atoms with Crippen LogP contribution in [0, 0.1) is 17.5 Å². The van der Waals surface area contributed by atoms with Gasteiger partial charge in [-0.25, -0.2) is 13.2 Å². The van der Waals surface area contributed by atoms with E-state index in [0.717, 1.165) is 12.1 Å². The fourth-order valence-corrected chi connectivity index (χ4v) is 1.54. The van der Waals surface area contributed by atoms with Crippen molar-refractivity contribution in [3.05, 3.63) is 59.9 Å². The number of para-hydroxylation sites is 1. The smallest absolute Gasteiger partial charge is 0.190 e. The molecule has 100 valence electrons. The summed E-state index contributed by atoms with van der Waals surface area (Å²) in [5, 5.41) is 2.94. The molecule has 0 atom stereocenters. The predicted octanol–water partition coefficient (Wildman–Crippen LogP) is 3.59. The van der Waals surface area contributed by atoms with Crippen LogP contribution in [-0.4, -0.2) is 13.2 Å². The molecule has 2 rings (SSSR count). The molecule has 0 radical (unpaired) electrons. The summed E-state index contributed by atoms with van der Waals surface area (Å²) >= 11 is 0. The van der Waals surface area contributed by atoms with Gasteiger partial charge in [-0.05, 0) is 36.4 Å². The van der Waals surface area contributed by atoms with Gasteiger partial charge in [0.05, 0.1) is 0 Å². The zero-order valence-electron chi connectivity index (χ0n) is 10.00. The van der Waals surface area contributed by atoms with E-state index >= 15 is 0 Å². The number of hydrogen-bond donors (Lipinski definition) is 1. The van der Waals surface area contributed by atoms with Gasteiger partial charge in [-0.1, -0.05) is 6.07 Å². The lowest BCUT2D eigenvalue weighted by atomic mass is 10.3. The molecule has 0 aliphatic heterocycles. The van der Waals surface area contributed by atoms with Crippen LogP contribution in [-0.2, 0) is 0 Å². The van der Waals surface area contributed by atoms with Crippen molar-refractivity contribution < 1.29 is 17.9 Å². The molecule has 19 heavy (non-hydrogen) atoms. The van der Waals surface area contributed by atoms with E-state index in [2.05, 4.69) is 5.32 Å². The van der Waals surface area contributed by atoms with Gasteiger partial charge in [0, 0.05) is 12.2 Å². The van der Waals surface area contributed by atoms with Crippen LogP contribution < -0.4 is 10.1 Å². The molecule has 0 bridgehead atoms. The Morgan fingerprint density at radius 2 is 1.53 bits per heavy atom. The maximum Gasteiger partial charge on any atom is 0.190 e. The fourth-order valence-electron chi connectivity index (χ4n) is 1.54. The summed E-state index contributed by atoms with van der Waals surface area (Å²) in [5.74, 6) is -2.18. The van der Waals surface area contributed by atoms with Gasteiger partial charge in [-0.2, -0.15) is 0 Å². The molecule has 2 aromatic carbocycles. The molecule has 1 N–H and O–H groups in total. The molecule has 0 aliphatic carbocycles. The second-order valence-electron chi connectivity index (χ2n) is 3.83. The molecule has 5 heteroatoms. The van der Waals surface area contributed by atoms with Gasteiger partial charge in [0.1, 0.15) is 12.4 Å². The monoisotopic (exact) mass is 267 g/mol. The van der Waals surface area contributed by atoms with Gasteiger partial charge in [0.15, 0.2) is 17.4 Å². The van der Waals surface area contributed by atoms with Gasteiger partial charge in [-0.3, -0.25) is 0 Å². The Morgan fingerprint density at radius 1 is 0.895 bits per heavy atom. The van der Waals surface area contributed by atoms with Crippen molar-refractivity contribution in [1.82, 2.24) is 0 Å². The minimum atomic E-state index is -0.734. The van der Waals surface area contributed by atoms with E-state index in [1.807, 2.05) is 0 Å². The summed E-state index contributed by atoms with van der Waals surface area (Å²) in [6.07, 6.45) is 0. The van der Waals surface area contributed by atoms with Crippen molar-refractivity contribution in [2.24, 2.45) is 0 Å². The molecular formula is C14H12F3NO. The van der Waals surface area contributed by atoms with Crippen LogP contribution in [0.1, 0.15) is 0 Å². The SMILES string of the molecule is Fc1ccc(NCCOc2c(F)cccc2F)cc1. The average molecular weight is 267 g/mol. The van der Waals surface area contributed by atoms with E-state index < -0.39 is 11.6 Å². The maximum absolute atomic E-state index is 13.2. The Hall–Kier alpha value is -2.17. The van der Waals surface area contributed by atoms with Crippen molar-refractivity contribution in [3.63, 3.8) is 0 Å². The Kier molecular flexibility index (Phi) is 4.28. The first kappa shape index (κ1) is 13.3. The van der Waals surface area contributed by atoms with Gasteiger partial charge < -0.3 is 10.1 Å². The first-order valence-corrected chi connectivity index (χ1v) is 5.73. The number of nitrogens with one attached hydrogen (secondary N) is 1. The molecular weight excluding hydrogens is 255 g/mol. The van der Waals surface area contributed by atoms with E-state index in [1.165, 1.54) is 18.2 Å². The molecule has 0 aromatic heterocycles. The van der Waals surface area contributed by atoms with Crippen LogP contribution in [0.5, 0.6) is 5.75 Å². The summed E-state index contributed by atoms with van der Waals surface area (Å²) in [6.45, 7) is 0.439. The van der Waals surface area contributed by atoms with Crippen LogP contribution in [0.25, 0.3) is 0 Å². The lowest BCUT2D eigenvalue weighted by molar-refractivity contribution is 0.297. The minimum Gasteiger partial charge on any atom is -0.486 e. The maximum atomic E-state index is 13.2. The van der Waals surface area contributed by atoms with Gasteiger partial charge in [0.25, 0.3) is 0 Å². The first-order chi connectivity index (χ1) is 9.16. The topological polar surface area (TPSA) is 21.3 Å². The number of anilines is 1. The van der Waals surface area contributed by atoms with Crippen LogP contribution in [0.3, 0.4) is 0 Å². The highest BCUT2D eigenvalue weighted by Crippen LogP contribution is 2.20. The van der Waals surface area contributed by atoms with Crippen LogP contribution in [0.2, 0.25) is 0 Å². The predicted molar refractivity (Wildman–Crippen MR) is 66.7 cm³/mol. The quantitative estimate of drug-likeness (QED) is 0.836. The van der Waals surface area contributed by atoms with Crippen LogP contribution in [0.15, 0.2) is 42.5 Å². The summed E-state index contributed by atoms with van der Waals surface area (Å²) in [7, 11) is 0. The number of rotatable bonds is 5. The Balaban J connectivity index is 1.82. The van der Waals surface area contributed by atoms with E-state index in [9.17, 15) is 13.2 Å². The van der Waals surface area contributed by atoms with Crippen molar-refractivity contribution in [2.45, 2.75) is 0 Å². The molecule has 2 nitrogen and oxygen atoms in total. The van der Waals surface area contributed by atoms with Gasteiger partial charge in [0.2, 0.25) is 0 Å². The van der Waals surface area contributed by atoms with Crippen LogP contribution in [0.4, 0.5) is 18.9 Å². The first-order valence-electron chi connectivity index (χ1n) is 5.73. The van der Waals surface area contributed by atoms with Crippen LogP contribution >= 0.6 is 0 Å². The zero-order valence-corrected chi connectivity index (χ0v) is 10.00. The molecule has 0 saturated carbocycles. The zero-order chi connectivity index (χ0) is 13.7. The van der Waals surface area contributed by atoms with E-state index in [1.54, 1.807) is 12.1 Å². The third-order valence-corrected chi connectivity index (χ3v) is 2.44. The summed E-state index contributed by atoms with van der Waals surface area (Å²) in [5.41, 5.74) is 0.707. The fraction of sp³-hybridized carbons (Fsp3) is 0.143. The Morgan fingerprint density at radius 3 is 2.16 bits per heavy atom. The second kappa shape index (κ2) is 6.13. The normalized spacial score (nSPS) is 10.3. The lowest BCUT2D eigenvalue weighted by Crippen LogP contribution is -2.12. The highest BCUT2D eigenvalue weighted by molar-refractivity contribution is 5.42. The van der Waals surface area contributed by atoms with Gasteiger partial charge in [-0.15, -0.1) is 0 Å². The number of ether oxygens (including phenoxy) is 1. The highest BCUT2D eigenvalue weighted by atomic mass is 19.1. The highest BCUT2D eigenvalue weighted by Gasteiger charge is 2.08. The Labute approximate surface area is 108 Å². The standard InChI is InChI=1S/C14H12F3NO/c15-10-4-6-11(7-5-10)18-8-9-19-14-12(16)2-1-3-13(14)17/h1-7,18H,8-9H2. The van der Waals surface area contributed by atoms with Crippen molar-refractivity contribution in [3.8, 4) is 5.75 Å². The van der Waals surface area contributed by atoms with Crippen molar-refractivity contribution in [2.75, 3.05) is 18.5 Å². The minimum absolute atomic E-state index is 0.0925. The molecule has 0 unspecified atom stereocenters. The van der Waals surface area contributed by atoms with Crippen molar-refractivity contribution in [1.29, 1.82) is 0 Å². The van der Waals surface area contributed by atoms with Crippen molar-refractivity contribution >= 4 is 5.69 Å².